The first-order valence-corrected chi connectivity index (χ1v) is 4.47. The molecule has 2 N–H and O–H groups in total. The Morgan fingerprint density at radius 1 is 1.58 bits per heavy atom. The molecule has 0 bridgehead atoms. The van der Waals surface area contributed by atoms with E-state index in [1.165, 1.54) is 0 Å². The Morgan fingerprint density at radius 2 is 2.50 bits per heavy atom. The molecule has 0 aliphatic rings. The summed E-state index contributed by atoms with van der Waals surface area (Å²) in [5, 5.41) is 1.99. The summed E-state index contributed by atoms with van der Waals surface area (Å²) in [6, 6.07) is 3.93. The van der Waals surface area contributed by atoms with Gasteiger partial charge in [-0.1, -0.05) is 6.07 Å². The Bertz CT molecular complexity index is 353. The summed E-state index contributed by atoms with van der Waals surface area (Å²) in [4.78, 5) is 5.13. The van der Waals surface area contributed by atoms with Crippen molar-refractivity contribution in [1.29, 1.82) is 0 Å². The number of rotatable bonds is 2. The Morgan fingerprint density at radius 3 is 3.08 bits per heavy atom. The molecule has 2 heterocycles. The number of hydrogen-bond donors (Lipinski definition) is 1. The van der Waals surface area contributed by atoms with Gasteiger partial charge in [0.1, 0.15) is 5.76 Å². The first-order valence-electron chi connectivity index (χ1n) is 3.59. The molecule has 0 aromatic carbocycles. The van der Waals surface area contributed by atoms with E-state index >= 15 is 0 Å². The van der Waals surface area contributed by atoms with Gasteiger partial charge < -0.3 is 10.2 Å². The number of thiophene rings is 1. The van der Waals surface area contributed by atoms with Gasteiger partial charge in [0.15, 0.2) is 0 Å². The van der Waals surface area contributed by atoms with Crippen LogP contribution in [-0.4, -0.2) is 4.98 Å². The van der Waals surface area contributed by atoms with Gasteiger partial charge in [-0.2, -0.15) is 0 Å². The lowest BCUT2D eigenvalue weighted by Crippen LogP contribution is -1.92. The van der Waals surface area contributed by atoms with E-state index in [1.807, 2.05) is 17.5 Å². The highest BCUT2D eigenvalue weighted by Gasteiger charge is 2.05. The van der Waals surface area contributed by atoms with Gasteiger partial charge in [-0.15, -0.1) is 11.3 Å². The second-order valence-electron chi connectivity index (χ2n) is 2.31. The molecule has 0 atom stereocenters. The Hall–Kier alpha value is -1.13. The zero-order valence-corrected chi connectivity index (χ0v) is 7.17. The minimum Gasteiger partial charge on any atom is -0.439 e. The molecule has 62 valence electrons. The normalized spacial score (nSPS) is 10.4. The molecule has 0 aliphatic heterocycles. The quantitative estimate of drug-likeness (QED) is 0.767. The van der Waals surface area contributed by atoms with Crippen molar-refractivity contribution in [3.8, 4) is 10.8 Å². The van der Waals surface area contributed by atoms with Crippen molar-refractivity contribution in [1.82, 2.24) is 4.98 Å². The molecule has 0 saturated carbocycles. The van der Waals surface area contributed by atoms with E-state index in [2.05, 4.69) is 4.98 Å². The van der Waals surface area contributed by atoms with Crippen LogP contribution in [0.2, 0.25) is 0 Å². The topological polar surface area (TPSA) is 52.0 Å². The fourth-order valence-electron chi connectivity index (χ4n) is 0.916. The summed E-state index contributed by atoms with van der Waals surface area (Å²) in [6.07, 6.45) is 1.66. The van der Waals surface area contributed by atoms with Crippen molar-refractivity contribution >= 4 is 11.3 Å². The molecular weight excluding hydrogens is 172 g/mol. The molecule has 4 heteroatoms. The van der Waals surface area contributed by atoms with Crippen molar-refractivity contribution < 1.29 is 4.42 Å². The summed E-state index contributed by atoms with van der Waals surface area (Å²) in [7, 11) is 0. The molecule has 0 saturated heterocycles. The highest BCUT2D eigenvalue weighted by atomic mass is 32.1. The van der Waals surface area contributed by atoms with Gasteiger partial charge in [0.25, 0.3) is 0 Å². The Labute approximate surface area is 73.8 Å². The number of nitrogens with zero attached hydrogens (tertiary/aromatic N) is 1. The molecule has 0 unspecified atom stereocenters. The lowest BCUT2D eigenvalue weighted by atomic mass is 10.5. The predicted molar refractivity (Wildman–Crippen MR) is 47.7 cm³/mol. The second kappa shape index (κ2) is 3.08. The number of oxazole rings is 1. The molecule has 0 spiro atoms. The highest BCUT2D eigenvalue weighted by Crippen LogP contribution is 2.23. The van der Waals surface area contributed by atoms with Crippen LogP contribution in [0.25, 0.3) is 10.8 Å². The lowest BCUT2D eigenvalue weighted by Gasteiger charge is -1.87. The van der Waals surface area contributed by atoms with Gasteiger partial charge in [0, 0.05) is 0 Å². The third-order valence-electron chi connectivity index (χ3n) is 1.49. The van der Waals surface area contributed by atoms with E-state index < -0.39 is 0 Å². The molecule has 0 fully saturated rings. The fraction of sp³-hybridized carbons (Fsp3) is 0.125. The van der Waals surface area contributed by atoms with Crippen LogP contribution in [0.1, 0.15) is 5.76 Å². The summed E-state index contributed by atoms with van der Waals surface area (Å²) < 4.78 is 5.35. The van der Waals surface area contributed by atoms with Crippen LogP contribution in [-0.2, 0) is 6.54 Å². The number of hydrogen-bond acceptors (Lipinski definition) is 4. The third kappa shape index (κ3) is 1.26. The summed E-state index contributed by atoms with van der Waals surface area (Å²) in [5.74, 6) is 1.38. The third-order valence-corrected chi connectivity index (χ3v) is 2.34. The van der Waals surface area contributed by atoms with Crippen LogP contribution in [0.5, 0.6) is 0 Å². The van der Waals surface area contributed by atoms with E-state index in [0.29, 0.717) is 12.4 Å². The summed E-state index contributed by atoms with van der Waals surface area (Å²) in [5.41, 5.74) is 5.39. The van der Waals surface area contributed by atoms with Gasteiger partial charge in [-0.05, 0) is 11.4 Å². The molecule has 2 aromatic heterocycles. The van der Waals surface area contributed by atoms with Crippen molar-refractivity contribution in [2.45, 2.75) is 6.54 Å². The second-order valence-corrected chi connectivity index (χ2v) is 3.26. The summed E-state index contributed by atoms with van der Waals surface area (Å²) in [6.45, 7) is 0.401. The Balaban J connectivity index is 2.35. The monoisotopic (exact) mass is 180 g/mol. The Kier molecular flexibility index (Phi) is 1.93. The average molecular weight is 180 g/mol. The molecule has 0 radical (unpaired) electrons. The van der Waals surface area contributed by atoms with E-state index in [-0.39, 0.29) is 0 Å². The summed E-state index contributed by atoms with van der Waals surface area (Å²) >= 11 is 1.60. The van der Waals surface area contributed by atoms with Gasteiger partial charge >= 0.3 is 0 Å². The fourth-order valence-corrected chi connectivity index (χ4v) is 1.57. The minimum atomic E-state index is 0.401. The van der Waals surface area contributed by atoms with Gasteiger partial charge in [-0.25, -0.2) is 4.98 Å². The van der Waals surface area contributed by atoms with Crippen molar-refractivity contribution in [2.24, 2.45) is 5.73 Å². The predicted octanol–water partition coefficient (Wildman–Crippen LogP) is 1.86. The van der Waals surface area contributed by atoms with Crippen LogP contribution in [0.15, 0.2) is 28.1 Å². The van der Waals surface area contributed by atoms with E-state index in [9.17, 15) is 0 Å². The molecule has 0 amide bonds. The zero-order chi connectivity index (χ0) is 8.39. The standard InChI is InChI=1S/C8H8N2OS/c9-4-6-5-10-8(11-6)7-2-1-3-12-7/h1-3,5H,4,9H2. The van der Waals surface area contributed by atoms with Crippen LogP contribution in [0, 0.1) is 0 Å². The molecule has 12 heavy (non-hydrogen) atoms. The molecule has 0 aliphatic carbocycles. The van der Waals surface area contributed by atoms with Crippen molar-refractivity contribution in [3.05, 3.63) is 29.5 Å². The van der Waals surface area contributed by atoms with E-state index in [1.54, 1.807) is 17.5 Å². The molecule has 2 aromatic rings. The van der Waals surface area contributed by atoms with Crippen LogP contribution in [0.3, 0.4) is 0 Å². The molecule has 2 rings (SSSR count). The van der Waals surface area contributed by atoms with Crippen LogP contribution < -0.4 is 5.73 Å². The zero-order valence-electron chi connectivity index (χ0n) is 6.36. The van der Waals surface area contributed by atoms with E-state index in [0.717, 1.165) is 10.6 Å². The first kappa shape index (κ1) is 7.52. The largest absolute Gasteiger partial charge is 0.439 e. The molecular formula is C8H8N2OS. The van der Waals surface area contributed by atoms with Gasteiger partial charge in [-0.3, -0.25) is 0 Å². The number of nitrogens with two attached hydrogens (primary N) is 1. The van der Waals surface area contributed by atoms with Crippen molar-refractivity contribution in [3.63, 3.8) is 0 Å². The maximum Gasteiger partial charge on any atom is 0.236 e. The maximum absolute atomic E-state index is 5.39. The lowest BCUT2D eigenvalue weighted by molar-refractivity contribution is 0.522. The van der Waals surface area contributed by atoms with Gasteiger partial charge in [0.05, 0.1) is 17.6 Å². The molecule has 3 nitrogen and oxygen atoms in total. The number of aromatic nitrogens is 1. The smallest absolute Gasteiger partial charge is 0.236 e. The highest BCUT2D eigenvalue weighted by molar-refractivity contribution is 7.13. The maximum atomic E-state index is 5.39. The van der Waals surface area contributed by atoms with Crippen LogP contribution in [0.4, 0.5) is 0 Å². The van der Waals surface area contributed by atoms with E-state index in [4.69, 9.17) is 10.2 Å². The average Bonchev–Trinajstić information content (AvgIpc) is 2.75. The van der Waals surface area contributed by atoms with Crippen LogP contribution >= 0.6 is 11.3 Å². The van der Waals surface area contributed by atoms with Crippen molar-refractivity contribution in [2.75, 3.05) is 0 Å². The minimum absolute atomic E-state index is 0.401. The first-order chi connectivity index (χ1) is 5.90. The van der Waals surface area contributed by atoms with Gasteiger partial charge in [0.2, 0.25) is 5.89 Å². The SMILES string of the molecule is NCc1cnc(-c2cccs2)o1.